The molecule has 0 atom stereocenters. The summed E-state index contributed by atoms with van der Waals surface area (Å²) in [5.41, 5.74) is -0.420. The molecule has 0 aliphatic carbocycles. The summed E-state index contributed by atoms with van der Waals surface area (Å²) < 4.78 is 4.44. The second kappa shape index (κ2) is 4.61. The second-order valence-corrected chi connectivity index (χ2v) is 1.31. The molecule has 3 nitrogen and oxygen atoms in total. The number of hydrogen-bond acceptors (Lipinski definition) is 3. The van der Waals surface area contributed by atoms with Gasteiger partial charge in [-0.05, 0) is 0 Å². The normalized spacial score (nSPS) is 7.80. The molecule has 0 aliphatic rings. The summed E-state index contributed by atoms with van der Waals surface area (Å²) in [6.07, 6.45) is 2.20. The van der Waals surface area contributed by atoms with Crippen LogP contribution in [0.3, 0.4) is 0 Å². The van der Waals surface area contributed by atoms with Crippen LogP contribution in [0.15, 0.2) is 27.8 Å². The summed E-state index contributed by atoms with van der Waals surface area (Å²) in [6.45, 7) is 4.00. The SMILES string of the molecule is CC.O=c1ccocc1O. The van der Waals surface area contributed by atoms with Gasteiger partial charge in [0, 0.05) is 6.07 Å². The van der Waals surface area contributed by atoms with Gasteiger partial charge in [-0.25, -0.2) is 0 Å². The van der Waals surface area contributed by atoms with Crippen LogP contribution in [0.2, 0.25) is 0 Å². The van der Waals surface area contributed by atoms with E-state index in [1.54, 1.807) is 0 Å². The van der Waals surface area contributed by atoms with Gasteiger partial charge in [-0.3, -0.25) is 4.79 Å². The van der Waals surface area contributed by atoms with E-state index in [-0.39, 0.29) is 5.75 Å². The Morgan fingerprint density at radius 2 is 2.10 bits per heavy atom. The summed E-state index contributed by atoms with van der Waals surface area (Å²) in [6, 6.07) is 1.15. The largest absolute Gasteiger partial charge is 0.502 e. The van der Waals surface area contributed by atoms with Crippen LogP contribution in [0.25, 0.3) is 0 Å². The maximum absolute atomic E-state index is 10.3. The average molecular weight is 142 g/mol. The Morgan fingerprint density at radius 3 is 2.40 bits per heavy atom. The zero-order chi connectivity index (χ0) is 7.98. The lowest BCUT2D eigenvalue weighted by Crippen LogP contribution is -1.93. The monoisotopic (exact) mass is 142 g/mol. The molecule has 56 valence electrons. The molecule has 0 spiro atoms. The van der Waals surface area contributed by atoms with Gasteiger partial charge in [0.25, 0.3) is 0 Å². The van der Waals surface area contributed by atoms with Crippen LogP contribution in [0.4, 0.5) is 0 Å². The molecular formula is C7H10O3. The lowest BCUT2D eigenvalue weighted by atomic mass is 10.5. The molecule has 1 N–H and O–H groups in total. The Hall–Kier alpha value is -1.25. The topological polar surface area (TPSA) is 50.4 Å². The first-order chi connectivity index (χ1) is 4.80. The van der Waals surface area contributed by atoms with Crippen LogP contribution >= 0.6 is 0 Å². The first-order valence-corrected chi connectivity index (χ1v) is 3.06. The highest BCUT2D eigenvalue weighted by Gasteiger charge is 1.89. The Kier molecular flexibility index (Phi) is 4.04. The molecule has 1 heterocycles. The van der Waals surface area contributed by atoms with Crippen molar-refractivity contribution in [2.24, 2.45) is 0 Å². The first-order valence-electron chi connectivity index (χ1n) is 3.06. The first kappa shape index (κ1) is 8.75. The van der Waals surface area contributed by atoms with Crippen molar-refractivity contribution in [1.82, 2.24) is 0 Å². The van der Waals surface area contributed by atoms with Gasteiger partial charge in [-0.15, -0.1) is 0 Å². The highest BCUT2D eigenvalue weighted by Crippen LogP contribution is 1.94. The smallest absolute Gasteiger partial charge is 0.226 e. The summed E-state index contributed by atoms with van der Waals surface area (Å²) in [7, 11) is 0. The molecule has 0 fully saturated rings. The predicted molar refractivity (Wildman–Crippen MR) is 38.0 cm³/mol. The van der Waals surface area contributed by atoms with E-state index < -0.39 is 5.43 Å². The van der Waals surface area contributed by atoms with Crippen LogP contribution in [-0.4, -0.2) is 5.11 Å². The average Bonchev–Trinajstić information content (AvgIpc) is 2.00. The fraction of sp³-hybridized carbons (Fsp3) is 0.286. The molecule has 0 aromatic carbocycles. The molecule has 0 saturated carbocycles. The van der Waals surface area contributed by atoms with Crippen molar-refractivity contribution in [3.8, 4) is 5.75 Å². The van der Waals surface area contributed by atoms with Crippen molar-refractivity contribution in [3.05, 3.63) is 28.8 Å². The van der Waals surface area contributed by atoms with Crippen molar-refractivity contribution < 1.29 is 9.52 Å². The lowest BCUT2D eigenvalue weighted by molar-refractivity contribution is 0.429. The highest BCUT2D eigenvalue weighted by molar-refractivity contribution is 5.10. The summed E-state index contributed by atoms with van der Waals surface area (Å²) in [5.74, 6) is -0.354. The second-order valence-electron chi connectivity index (χ2n) is 1.31. The molecule has 1 rings (SSSR count). The van der Waals surface area contributed by atoms with Crippen LogP contribution < -0.4 is 5.43 Å². The summed E-state index contributed by atoms with van der Waals surface area (Å²) in [4.78, 5) is 10.3. The van der Waals surface area contributed by atoms with Crippen LogP contribution in [-0.2, 0) is 0 Å². The summed E-state index contributed by atoms with van der Waals surface area (Å²) in [5, 5.41) is 8.51. The lowest BCUT2D eigenvalue weighted by Gasteiger charge is -1.82. The van der Waals surface area contributed by atoms with E-state index in [0.29, 0.717) is 0 Å². The van der Waals surface area contributed by atoms with Crippen LogP contribution in [0.1, 0.15) is 13.8 Å². The van der Waals surface area contributed by atoms with Gasteiger partial charge < -0.3 is 9.52 Å². The quantitative estimate of drug-likeness (QED) is 0.595. The van der Waals surface area contributed by atoms with Crippen molar-refractivity contribution in [2.45, 2.75) is 13.8 Å². The Labute approximate surface area is 58.9 Å². The third-order valence-electron chi connectivity index (χ3n) is 0.730. The van der Waals surface area contributed by atoms with Crippen molar-refractivity contribution >= 4 is 0 Å². The molecule has 3 heteroatoms. The van der Waals surface area contributed by atoms with E-state index in [9.17, 15) is 4.79 Å². The molecule has 0 bridgehead atoms. The van der Waals surface area contributed by atoms with Gasteiger partial charge in [0.2, 0.25) is 5.43 Å². The Balaban J connectivity index is 0.000000371. The van der Waals surface area contributed by atoms with Crippen molar-refractivity contribution in [3.63, 3.8) is 0 Å². The van der Waals surface area contributed by atoms with E-state index in [0.717, 1.165) is 12.3 Å². The molecule has 10 heavy (non-hydrogen) atoms. The third-order valence-corrected chi connectivity index (χ3v) is 0.730. The van der Waals surface area contributed by atoms with E-state index in [1.807, 2.05) is 13.8 Å². The van der Waals surface area contributed by atoms with E-state index >= 15 is 0 Å². The number of hydrogen-bond donors (Lipinski definition) is 1. The van der Waals surface area contributed by atoms with Gasteiger partial charge in [0.1, 0.15) is 6.26 Å². The molecule has 0 unspecified atom stereocenters. The van der Waals surface area contributed by atoms with E-state index in [4.69, 9.17) is 5.11 Å². The molecule has 0 amide bonds. The van der Waals surface area contributed by atoms with Gasteiger partial charge in [-0.2, -0.15) is 0 Å². The van der Waals surface area contributed by atoms with E-state index in [1.165, 1.54) is 6.26 Å². The molecular weight excluding hydrogens is 132 g/mol. The number of aromatic hydroxyl groups is 1. The van der Waals surface area contributed by atoms with Crippen LogP contribution in [0, 0.1) is 0 Å². The summed E-state index contributed by atoms with van der Waals surface area (Å²) >= 11 is 0. The van der Waals surface area contributed by atoms with E-state index in [2.05, 4.69) is 4.42 Å². The third kappa shape index (κ3) is 2.35. The van der Waals surface area contributed by atoms with Gasteiger partial charge in [-0.1, -0.05) is 13.8 Å². The molecule has 0 aliphatic heterocycles. The standard InChI is InChI=1S/C5H4O3.C2H6/c6-4-1-2-8-3-5(4)7;1-2/h1-3,7H;1-2H3. The fourth-order valence-corrected chi connectivity index (χ4v) is 0.348. The minimum Gasteiger partial charge on any atom is -0.502 e. The Bertz CT molecular complexity index is 226. The zero-order valence-electron chi connectivity index (χ0n) is 6.00. The molecule has 0 saturated heterocycles. The van der Waals surface area contributed by atoms with Gasteiger partial charge in [0.15, 0.2) is 5.75 Å². The van der Waals surface area contributed by atoms with Gasteiger partial charge >= 0.3 is 0 Å². The predicted octanol–water partition coefficient (Wildman–Crippen LogP) is 1.37. The van der Waals surface area contributed by atoms with Crippen LogP contribution in [0.5, 0.6) is 5.75 Å². The molecule has 1 aromatic rings. The Morgan fingerprint density at radius 1 is 1.50 bits per heavy atom. The minimum atomic E-state index is -0.420. The molecule has 0 radical (unpaired) electrons. The number of rotatable bonds is 0. The molecule has 1 aromatic heterocycles. The van der Waals surface area contributed by atoms with Crippen molar-refractivity contribution in [1.29, 1.82) is 0 Å². The maximum Gasteiger partial charge on any atom is 0.226 e. The maximum atomic E-state index is 10.3. The minimum absolute atomic E-state index is 0.354. The fourth-order valence-electron chi connectivity index (χ4n) is 0.348. The van der Waals surface area contributed by atoms with Gasteiger partial charge in [0.05, 0.1) is 6.26 Å². The highest BCUT2D eigenvalue weighted by atomic mass is 16.3. The van der Waals surface area contributed by atoms with Crippen molar-refractivity contribution in [2.75, 3.05) is 0 Å². The zero-order valence-corrected chi connectivity index (χ0v) is 6.00.